The third-order valence-electron chi connectivity index (χ3n) is 2.43. The van der Waals surface area contributed by atoms with Crippen molar-refractivity contribution in [2.75, 3.05) is 0 Å². The second-order valence-electron chi connectivity index (χ2n) is 3.34. The molecule has 0 amide bonds. The minimum absolute atomic E-state index is 0.658. The second-order valence-corrected chi connectivity index (χ2v) is 3.34. The highest BCUT2D eigenvalue weighted by Crippen LogP contribution is 2.25. The molecule has 2 aromatic heterocycles. The van der Waals surface area contributed by atoms with Crippen LogP contribution in [0.5, 0.6) is 0 Å². The van der Waals surface area contributed by atoms with Crippen LogP contribution in [0, 0.1) is 0 Å². The number of aliphatic hydroxyl groups is 1. The summed E-state index contributed by atoms with van der Waals surface area (Å²) in [6.45, 7) is 1.98. The Balaban J connectivity index is 2.36. The van der Waals surface area contributed by atoms with E-state index in [4.69, 9.17) is 4.42 Å². The standard InChI is InChI=1S/C10H13N3O2/c1-3-9-7(4-5-15-9)10(14)8-6-11-12-13(8)2/h4-6,10,14H,3H2,1-2H3. The fourth-order valence-electron chi connectivity index (χ4n) is 1.59. The van der Waals surface area contributed by atoms with Crippen molar-refractivity contribution in [2.45, 2.75) is 19.4 Å². The molecular weight excluding hydrogens is 194 g/mol. The summed E-state index contributed by atoms with van der Waals surface area (Å²) in [5.41, 5.74) is 1.44. The van der Waals surface area contributed by atoms with Gasteiger partial charge in [-0.3, -0.25) is 0 Å². The van der Waals surface area contributed by atoms with Crippen molar-refractivity contribution in [2.24, 2.45) is 7.05 Å². The molecule has 1 unspecified atom stereocenters. The Labute approximate surface area is 87.3 Å². The molecule has 15 heavy (non-hydrogen) atoms. The highest BCUT2D eigenvalue weighted by molar-refractivity contribution is 5.26. The molecule has 80 valence electrons. The lowest BCUT2D eigenvalue weighted by Crippen LogP contribution is -2.07. The van der Waals surface area contributed by atoms with Crippen LogP contribution in [0.15, 0.2) is 22.9 Å². The molecule has 5 nitrogen and oxygen atoms in total. The fraction of sp³-hybridized carbons (Fsp3) is 0.400. The van der Waals surface area contributed by atoms with E-state index < -0.39 is 6.10 Å². The van der Waals surface area contributed by atoms with E-state index >= 15 is 0 Å². The summed E-state index contributed by atoms with van der Waals surface area (Å²) in [6.07, 6.45) is 3.17. The summed E-state index contributed by atoms with van der Waals surface area (Å²) in [6, 6.07) is 1.77. The first-order chi connectivity index (χ1) is 7.24. The number of furan rings is 1. The Kier molecular flexibility index (Phi) is 2.55. The zero-order valence-electron chi connectivity index (χ0n) is 8.71. The van der Waals surface area contributed by atoms with Gasteiger partial charge in [0.25, 0.3) is 0 Å². The molecule has 0 bridgehead atoms. The maximum atomic E-state index is 10.1. The number of rotatable bonds is 3. The lowest BCUT2D eigenvalue weighted by molar-refractivity contribution is 0.207. The van der Waals surface area contributed by atoms with Crippen molar-refractivity contribution in [1.82, 2.24) is 15.0 Å². The molecule has 1 N–H and O–H groups in total. The van der Waals surface area contributed by atoms with Crippen LogP contribution in [0.3, 0.4) is 0 Å². The van der Waals surface area contributed by atoms with Crippen LogP contribution >= 0.6 is 0 Å². The molecule has 0 radical (unpaired) electrons. The van der Waals surface area contributed by atoms with Gasteiger partial charge in [-0.15, -0.1) is 5.10 Å². The Morgan fingerprint density at radius 3 is 3.00 bits per heavy atom. The largest absolute Gasteiger partial charge is 0.469 e. The molecule has 1 atom stereocenters. The van der Waals surface area contributed by atoms with Crippen molar-refractivity contribution in [3.63, 3.8) is 0 Å². The first-order valence-electron chi connectivity index (χ1n) is 4.83. The molecule has 0 saturated heterocycles. The third kappa shape index (κ3) is 1.66. The molecule has 0 fully saturated rings. The van der Waals surface area contributed by atoms with Gasteiger partial charge in [0, 0.05) is 19.0 Å². The molecule has 0 aromatic carbocycles. The number of aryl methyl sites for hydroxylation is 2. The Bertz CT molecular complexity index is 447. The number of hydrogen-bond acceptors (Lipinski definition) is 4. The van der Waals surface area contributed by atoms with Crippen molar-refractivity contribution >= 4 is 0 Å². The first kappa shape index (κ1) is 9.92. The van der Waals surface area contributed by atoms with Crippen LogP contribution in [-0.2, 0) is 13.5 Å². The fourth-order valence-corrected chi connectivity index (χ4v) is 1.59. The summed E-state index contributed by atoms with van der Waals surface area (Å²) in [4.78, 5) is 0. The van der Waals surface area contributed by atoms with Crippen LogP contribution in [0.25, 0.3) is 0 Å². The van der Waals surface area contributed by atoms with E-state index in [9.17, 15) is 5.11 Å². The summed E-state index contributed by atoms with van der Waals surface area (Å²) >= 11 is 0. The minimum Gasteiger partial charge on any atom is -0.469 e. The van der Waals surface area contributed by atoms with Crippen molar-refractivity contribution < 1.29 is 9.52 Å². The molecule has 0 aliphatic heterocycles. The summed E-state index contributed by atoms with van der Waals surface area (Å²) in [5.74, 6) is 0.795. The Morgan fingerprint density at radius 1 is 1.60 bits per heavy atom. The highest BCUT2D eigenvalue weighted by atomic mass is 16.3. The topological polar surface area (TPSA) is 64.1 Å². The number of aromatic nitrogens is 3. The van der Waals surface area contributed by atoms with Crippen LogP contribution in [0.2, 0.25) is 0 Å². The van der Waals surface area contributed by atoms with Gasteiger partial charge in [0.1, 0.15) is 11.9 Å². The molecule has 0 aliphatic rings. The lowest BCUT2D eigenvalue weighted by Gasteiger charge is -2.09. The van der Waals surface area contributed by atoms with Gasteiger partial charge in [-0.2, -0.15) is 0 Å². The summed E-state index contributed by atoms with van der Waals surface area (Å²) < 4.78 is 6.82. The zero-order valence-corrected chi connectivity index (χ0v) is 8.71. The minimum atomic E-state index is -0.723. The normalized spacial score (nSPS) is 13.0. The third-order valence-corrected chi connectivity index (χ3v) is 2.43. The molecule has 0 saturated carbocycles. The van der Waals surface area contributed by atoms with E-state index in [1.165, 1.54) is 0 Å². The second kappa shape index (κ2) is 3.86. The predicted molar refractivity (Wildman–Crippen MR) is 53.2 cm³/mol. The van der Waals surface area contributed by atoms with E-state index in [1.807, 2.05) is 6.92 Å². The van der Waals surface area contributed by atoms with E-state index in [2.05, 4.69) is 10.3 Å². The smallest absolute Gasteiger partial charge is 0.126 e. The van der Waals surface area contributed by atoms with Gasteiger partial charge in [0.05, 0.1) is 18.2 Å². The van der Waals surface area contributed by atoms with E-state index in [-0.39, 0.29) is 0 Å². The van der Waals surface area contributed by atoms with Crippen molar-refractivity contribution in [3.8, 4) is 0 Å². The lowest BCUT2D eigenvalue weighted by atomic mass is 10.1. The van der Waals surface area contributed by atoms with E-state index in [0.29, 0.717) is 5.69 Å². The van der Waals surface area contributed by atoms with Gasteiger partial charge < -0.3 is 9.52 Å². The molecular formula is C10H13N3O2. The monoisotopic (exact) mass is 207 g/mol. The van der Waals surface area contributed by atoms with Crippen molar-refractivity contribution in [1.29, 1.82) is 0 Å². The maximum absolute atomic E-state index is 10.1. The number of hydrogen-bond donors (Lipinski definition) is 1. The molecule has 2 heterocycles. The van der Waals surface area contributed by atoms with Crippen LogP contribution in [-0.4, -0.2) is 20.1 Å². The van der Waals surface area contributed by atoms with Gasteiger partial charge in [-0.05, 0) is 6.07 Å². The highest BCUT2D eigenvalue weighted by Gasteiger charge is 2.19. The van der Waals surface area contributed by atoms with Gasteiger partial charge in [-0.25, -0.2) is 4.68 Å². The molecule has 5 heteroatoms. The molecule has 0 spiro atoms. The summed E-state index contributed by atoms with van der Waals surface area (Å²) in [5, 5.41) is 17.6. The quantitative estimate of drug-likeness (QED) is 0.817. The van der Waals surface area contributed by atoms with Crippen LogP contribution in [0.1, 0.15) is 30.0 Å². The zero-order chi connectivity index (χ0) is 10.8. The van der Waals surface area contributed by atoms with Gasteiger partial charge >= 0.3 is 0 Å². The Morgan fingerprint density at radius 2 is 2.40 bits per heavy atom. The average Bonchev–Trinajstić information content (AvgIpc) is 2.84. The first-order valence-corrected chi connectivity index (χ1v) is 4.83. The SMILES string of the molecule is CCc1occc1C(O)c1cnnn1C. The van der Waals surface area contributed by atoms with E-state index in [0.717, 1.165) is 17.7 Å². The molecule has 0 aliphatic carbocycles. The van der Waals surface area contributed by atoms with Gasteiger partial charge in [-0.1, -0.05) is 12.1 Å². The van der Waals surface area contributed by atoms with E-state index in [1.54, 1.807) is 30.3 Å². The van der Waals surface area contributed by atoms with Crippen molar-refractivity contribution in [3.05, 3.63) is 35.5 Å². The average molecular weight is 207 g/mol. The molecule has 2 aromatic rings. The van der Waals surface area contributed by atoms with Gasteiger partial charge in [0.2, 0.25) is 0 Å². The predicted octanol–water partition coefficient (Wildman–Crippen LogP) is 1.05. The van der Waals surface area contributed by atoms with Gasteiger partial charge in [0.15, 0.2) is 0 Å². The van der Waals surface area contributed by atoms with Crippen LogP contribution < -0.4 is 0 Å². The Hall–Kier alpha value is -1.62. The maximum Gasteiger partial charge on any atom is 0.126 e. The number of aliphatic hydroxyl groups excluding tert-OH is 1. The number of nitrogens with zero attached hydrogens (tertiary/aromatic N) is 3. The van der Waals surface area contributed by atoms with Crippen LogP contribution in [0.4, 0.5) is 0 Å². The summed E-state index contributed by atoms with van der Waals surface area (Å²) in [7, 11) is 1.75. The molecule has 2 rings (SSSR count).